The molecule has 144 valence electrons. The van der Waals surface area contributed by atoms with E-state index in [1.807, 2.05) is 0 Å². The summed E-state index contributed by atoms with van der Waals surface area (Å²) in [6.45, 7) is 9.58. The van der Waals surface area contributed by atoms with Crippen LogP contribution in [-0.2, 0) is 9.47 Å². The Morgan fingerprint density at radius 2 is 1.86 bits per heavy atom. The van der Waals surface area contributed by atoms with Crippen molar-refractivity contribution >= 4 is 37.9 Å². The van der Waals surface area contributed by atoms with E-state index >= 15 is 0 Å². The largest absolute Gasteiger partial charge is 0.458 e. The van der Waals surface area contributed by atoms with E-state index < -0.39 is 0 Å². The first-order valence-electron chi connectivity index (χ1n) is 9.59. The molecule has 0 fully saturated rings. The summed E-state index contributed by atoms with van der Waals surface area (Å²) < 4.78 is 13.7. The summed E-state index contributed by atoms with van der Waals surface area (Å²) in [7, 11) is 0. The van der Waals surface area contributed by atoms with E-state index in [0.29, 0.717) is 12.7 Å². The second kappa shape index (κ2) is 6.24. The molecule has 4 aliphatic rings. The number of allylic oxidation sites excluding steroid dienone is 7. The zero-order valence-electron chi connectivity index (χ0n) is 16.5. The van der Waals surface area contributed by atoms with Gasteiger partial charge < -0.3 is 9.47 Å². The Hall–Kier alpha value is -1.52. The summed E-state index contributed by atoms with van der Waals surface area (Å²) in [5.41, 5.74) is 9.49. The topological polar surface area (TPSA) is 18.5 Å². The van der Waals surface area contributed by atoms with Gasteiger partial charge in [-0.25, -0.2) is 0 Å². The van der Waals surface area contributed by atoms with Gasteiger partial charge in [-0.05, 0) is 69.3 Å². The Balaban J connectivity index is 1.67. The van der Waals surface area contributed by atoms with Gasteiger partial charge in [0, 0.05) is 22.2 Å². The highest BCUT2D eigenvalue weighted by atomic mass is 79.9. The molecule has 5 rings (SSSR count). The zero-order valence-corrected chi connectivity index (χ0v) is 19.6. The minimum absolute atomic E-state index is 0.0465. The Labute approximate surface area is 182 Å². The predicted octanol–water partition coefficient (Wildman–Crippen LogP) is 7.50. The first-order chi connectivity index (χ1) is 13.3. The number of fused-ring (bicyclic) bond motifs is 2. The van der Waals surface area contributed by atoms with Crippen LogP contribution in [0.5, 0.6) is 0 Å². The van der Waals surface area contributed by atoms with Gasteiger partial charge in [-0.15, -0.1) is 0 Å². The SMILES string of the molecule is CC1=CC2=C(Br)C3=C(CC2=C1C(C)(C)C1C(C)=Cc2c(Br)cccc21)OCO3. The third kappa shape index (κ3) is 2.43. The Morgan fingerprint density at radius 3 is 2.64 bits per heavy atom. The van der Waals surface area contributed by atoms with Crippen molar-refractivity contribution in [3.05, 3.63) is 83.7 Å². The molecule has 0 saturated heterocycles. The lowest BCUT2D eigenvalue weighted by Crippen LogP contribution is -2.26. The van der Waals surface area contributed by atoms with Gasteiger partial charge in [0.2, 0.25) is 6.79 Å². The minimum atomic E-state index is -0.0465. The minimum Gasteiger partial charge on any atom is -0.458 e. The second-order valence-electron chi connectivity index (χ2n) is 8.53. The van der Waals surface area contributed by atoms with Crippen LogP contribution in [0.1, 0.15) is 51.2 Å². The summed E-state index contributed by atoms with van der Waals surface area (Å²) >= 11 is 7.52. The van der Waals surface area contributed by atoms with Gasteiger partial charge in [0.05, 0.1) is 4.48 Å². The predicted molar refractivity (Wildman–Crippen MR) is 120 cm³/mol. The smallest absolute Gasteiger partial charge is 0.230 e. The number of ether oxygens (including phenoxy) is 2. The van der Waals surface area contributed by atoms with Crippen LogP contribution in [0.3, 0.4) is 0 Å². The lowest BCUT2D eigenvalue weighted by atomic mass is 9.66. The molecule has 1 aliphatic heterocycles. The average molecular weight is 502 g/mol. The lowest BCUT2D eigenvalue weighted by molar-refractivity contribution is 0.0733. The molecule has 2 nitrogen and oxygen atoms in total. The van der Waals surface area contributed by atoms with E-state index in [-0.39, 0.29) is 5.41 Å². The van der Waals surface area contributed by atoms with Crippen molar-refractivity contribution in [1.29, 1.82) is 0 Å². The molecule has 0 aromatic heterocycles. The first-order valence-corrected chi connectivity index (χ1v) is 11.2. The molecule has 1 heterocycles. The molecule has 1 unspecified atom stereocenters. The van der Waals surface area contributed by atoms with Crippen LogP contribution >= 0.6 is 31.9 Å². The maximum Gasteiger partial charge on any atom is 0.230 e. The average Bonchev–Trinajstić information content (AvgIpc) is 3.30. The van der Waals surface area contributed by atoms with Crippen LogP contribution in [0.15, 0.2) is 72.6 Å². The number of hydrogen-bond donors (Lipinski definition) is 0. The fraction of sp³-hybridized carbons (Fsp3) is 0.333. The highest BCUT2D eigenvalue weighted by Crippen LogP contribution is 2.58. The van der Waals surface area contributed by atoms with Crippen LogP contribution in [0, 0.1) is 5.41 Å². The summed E-state index contributed by atoms with van der Waals surface area (Å²) in [5.74, 6) is 2.16. The maximum absolute atomic E-state index is 5.77. The summed E-state index contributed by atoms with van der Waals surface area (Å²) in [6, 6.07) is 6.56. The van der Waals surface area contributed by atoms with Crippen molar-refractivity contribution in [3.63, 3.8) is 0 Å². The Bertz CT molecular complexity index is 1080. The highest BCUT2D eigenvalue weighted by molar-refractivity contribution is 9.12. The molecule has 4 heteroatoms. The highest BCUT2D eigenvalue weighted by Gasteiger charge is 2.44. The maximum atomic E-state index is 5.77. The summed E-state index contributed by atoms with van der Waals surface area (Å²) in [5, 5.41) is 0. The third-order valence-corrected chi connectivity index (χ3v) is 7.91. The molecule has 1 aromatic rings. The number of benzene rings is 1. The fourth-order valence-electron chi connectivity index (χ4n) is 5.55. The van der Waals surface area contributed by atoms with E-state index in [9.17, 15) is 0 Å². The van der Waals surface area contributed by atoms with Gasteiger partial charge in [-0.2, -0.15) is 0 Å². The van der Waals surface area contributed by atoms with Gasteiger partial charge in [0.15, 0.2) is 5.76 Å². The van der Waals surface area contributed by atoms with E-state index in [1.165, 1.54) is 43.5 Å². The van der Waals surface area contributed by atoms with E-state index in [2.05, 4.69) is 89.9 Å². The molecule has 0 saturated carbocycles. The summed E-state index contributed by atoms with van der Waals surface area (Å²) in [6.07, 6.45) is 5.44. The molecule has 3 aliphatic carbocycles. The van der Waals surface area contributed by atoms with Crippen molar-refractivity contribution in [1.82, 2.24) is 0 Å². The van der Waals surface area contributed by atoms with Crippen LogP contribution in [0.4, 0.5) is 0 Å². The third-order valence-electron chi connectivity index (χ3n) is 6.44. The van der Waals surface area contributed by atoms with Crippen molar-refractivity contribution < 1.29 is 9.47 Å². The van der Waals surface area contributed by atoms with E-state index in [1.54, 1.807) is 0 Å². The molecule has 0 amide bonds. The van der Waals surface area contributed by atoms with Crippen molar-refractivity contribution in [2.24, 2.45) is 5.41 Å². The van der Waals surface area contributed by atoms with Gasteiger partial charge in [0.1, 0.15) is 5.76 Å². The van der Waals surface area contributed by atoms with Crippen molar-refractivity contribution in [2.75, 3.05) is 6.79 Å². The van der Waals surface area contributed by atoms with Gasteiger partial charge >= 0.3 is 0 Å². The zero-order chi connectivity index (χ0) is 19.8. The summed E-state index contributed by atoms with van der Waals surface area (Å²) in [4.78, 5) is 0. The molecule has 1 aromatic carbocycles. The molecule has 0 N–H and O–H groups in total. The molecular weight excluding hydrogens is 480 g/mol. The standard InChI is InChI=1S/C24H22Br2O2/c1-12-8-15-14(6-5-7-18(15)25)20(12)24(3,4)21-13(2)9-17-16(21)10-19-23(22(17)26)28-11-27-19/h5-9,20H,10-11H2,1-4H3. The van der Waals surface area contributed by atoms with Gasteiger partial charge in [-0.3, -0.25) is 0 Å². The van der Waals surface area contributed by atoms with Crippen LogP contribution in [0.2, 0.25) is 0 Å². The van der Waals surface area contributed by atoms with E-state index in [0.717, 1.165) is 22.4 Å². The quantitative estimate of drug-likeness (QED) is 0.417. The second-order valence-corrected chi connectivity index (χ2v) is 10.2. The molecule has 28 heavy (non-hydrogen) atoms. The Kier molecular flexibility index (Phi) is 4.12. The lowest BCUT2D eigenvalue weighted by Gasteiger charge is -2.37. The first kappa shape index (κ1) is 18.5. The van der Waals surface area contributed by atoms with Crippen molar-refractivity contribution in [2.45, 2.75) is 40.0 Å². The van der Waals surface area contributed by atoms with E-state index in [4.69, 9.17) is 9.47 Å². The molecule has 0 radical (unpaired) electrons. The molecule has 0 bridgehead atoms. The molecule has 1 atom stereocenters. The van der Waals surface area contributed by atoms with Crippen LogP contribution in [-0.4, -0.2) is 6.79 Å². The van der Waals surface area contributed by atoms with Gasteiger partial charge in [0.25, 0.3) is 0 Å². The fourth-order valence-corrected chi connectivity index (χ4v) is 6.73. The number of hydrogen-bond acceptors (Lipinski definition) is 2. The van der Waals surface area contributed by atoms with Crippen molar-refractivity contribution in [3.8, 4) is 0 Å². The number of rotatable bonds is 2. The van der Waals surface area contributed by atoms with Gasteiger partial charge in [-0.1, -0.05) is 59.6 Å². The Morgan fingerprint density at radius 1 is 1.07 bits per heavy atom. The molecular formula is C24H22Br2O2. The molecule has 0 spiro atoms. The monoisotopic (exact) mass is 500 g/mol. The number of halogens is 2. The normalized spacial score (nSPS) is 23.3. The van der Waals surface area contributed by atoms with Crippen LogP contribution in [0.25, 0.3) is 6.08 Å². The van der Waals surface area contributed by atoms with Crippen LogP contribution < -0.4 is 0 Å².